The molecule has 1 aliphatic heterocycles. The van der Waals surface area contributed by atoms with Crippen molar-refractivity contribution in [1.29, 1.82) is 0 Å². The van der Waals surface area contributed by atoms with Gasteiger partial charge < -0.3 is 15.2 Å². The molecule has 2 heterocycles. The van der Waals surface area contributed by atoms with Crippen LogP contribution in [-0.4, -0.2) is 46.7 Å². The summed E-state index contributed by atoms with van der Waals surface area (Å²) in [6.45, 7) is 11.7. The van der Waals surface area contributed by atoms with Crippen molar-refractivity contribution in [3.63, 3.8) is 0 Å². The highest BCUT2D eigenvalue weighted by molar-refractivity contribution is 7.10. The molecular weight excluding hydrogens is 364 g/mol. The average molecular weight is 397 g/mol. The summed E-state index contributed by atoms with van der Waals surface area (Å²) < 4.78 is 5.51. The van der Waals surface area contributed by atoms with Crippen LogP contribution in [0.15, 0.2) is 17.5 Å². The molecule has 2 N–H and O–H groups in total. The van der Waals surface area contributed by atoms with Crippen LogP contribution in [0.25, 0.3) is 0 Å². The van der Waals surface area contributed by atoms with Crippen molar-refractivity contribution in [3.8, 4) is 0 Å². The normalized spacial score (nSPS) is 22.0. The highest BCUT2D eigenvalue weighted by Crippen LogP contribution is 2.36. The molecule has 2 amide bonds. The summed E-state index contributed by atoms with van der Waals surface area (Å²) >= 11 is 1.44. The van der Waals surface area contributed by atoms with Crippen molar-refractivity contribution in [2.24, 2.45) is 5.41 Å². The Kier molecular flexibility index (Phi) is 6.26. The standard InChI is InChI=1S/C20H32N2O4S/c1-18(2,3)26-17(24)22-11-8-10-19(4,5)15(22)16(23)21-13-20(6,25)14-9-7-12-27-14/h7,9,12,15,25H,8,10-11,13H2,1-6H3,(H,21,23)/t15-,20+/m0/s1. The van der Waals surface area contributed by atoms with Gasteiger partial charge in [-0.25, -0.2) is 4.79 Å². The Morgan fingerprint density at radius 2 is 2.04 bits per heavy atom. The Morgan fingerprint density at radius 3 is 2.59 bits per heavy atom. The number of piperidine rings is 1. The second-order valence-corrected chi connectivity index (χ2v) is 10.1. The lowest BCUT2D eigenvalue weighted by Crippen LogP contribution is -2.60. The van der Waals surface area contributed by atoms with E-state index in [1.807, 2.05) is 52.1 Å². The van der Waals surface area contributed by atoms with E-state index >= 15 is 0 Å². The zero-order chi connectivity index (χ0) is 20.5. The molecule has 6 nitrogen and oxygen atoms in total. The van der Waals surface area contributed by atoms with Gasteiger partial charge in [0.1, 0.15) is 17.2 Å². The molecule has 2 rings (SSSR count). The Morgan fingerprint density at radius 1 is 1.37 bits per heavy atom. The minimum Gasteiger partial charge on any atom is -0.444 e. The van der Waals surface area contributed by atoms with Crippen molar-refractivity contribution in [2.45, 2.75) is 71.6 Å². The molecule has 0 aromatic carbocycles. The Labute approximate surface area is 165 Å². The topological polar surface area (TPSA) is 78.9 Å². The van der Waals surface area contributed by atoms with Crippen molar-refractivity contribution >= 4 is 23.3 Å². The number of rotatable bonds is 4. The van der Waals surface area contributed by atoms with E-state index in [2.05, 4.69) is 5.32 Å². The lowest BCUT2D eigenvalue weighted by Gasteiger charge is -2.45. The van der Waals surface area contributed by atoms with Crippen LogP contribution in [0.3, 0.4) is 0 Å². The number of ether oxygens (including phenoxy) is 1. The van der Waals surface area contributed by atoms with E-state index in [-0.39, 0.29) is 17.9 Å². The SMILES string of the molecule is CC(C)(C)OC(=O)N1CCCC(C)(C)[C@@H]1C(=O)NC[C@@](C)(O)c1cccs1. The van der Waals surface area contributed by atoms with E-state index in [9.17, 15) is 14.7 Å². The van der Waals surface area contributed by atoms with Gasteiger partial charge in [0, 0.05) is 11.4 Å². The number of thiophene rings is 1. The number of likely N-dealkylation sites (tertiary alicyclic amines) is 1. The predicted octanol–water partition coefficient (Wildman–Crippen LogP) is 3.50. The van der Waals surface area contributed by atoms with Gasteiger partial charge in [0.05, 0.1) is 6.54 Å². The maximum atomic E-state index is 13.0. The maximum Gasteiger partial charge on any atom is 0.410 e. The number of aliphatic hydroxyl groups is 1. The minimum atomic E-state index is -1.15. The fraction of sp³-hybridized carbons (Fsp3) is 0.700. The summed E-state index contributed by atoms with van der Waals surface area (Å²) in [5.74, 6) is -0.262. The summed E-state index contributed by atoms with van der Waals surface area (Å²) in [4.78, 5) is 28.0. The molecule has 1 fully saturated rings. The molecule has 1 saturated heterocycles. The lowest BCUT2D eigenvalue weighted by atomic mass is 9.76. The molecular formula is C20H32N2O4S. The van der Waals surface area contributed by atoms with Gasteiger partial charge in [0.25, 0.3) is 0 Å². The second kappa shape index (κ2) is 7.80. The smallest absolute Gasteiger partial charge is 0.410 e. The summed E-state index contributed by atoms with van der Waals surface area (Å²) in [6.07, 6.45) is 1.19. The lowest BCUT2D eigenvalue weighted by molar-refractivity contribution is -0.134. The number of carbonyl (C=O) groups is 2. The number of carbonyl (C=O) groups excluding carboxylic acids is 2. The van der Waals surface area contributed by atoms with Gasteiger partial charge in [0.15, 0.2) is 0 Å². The summed E-state index contributed by atoms with van der Waals surface area (Å²) in [5.41, 5.74) is -2.16. The molecule has 27 heavy (non-hydrogen) atoms. The van der Waals surface area contributed by atoms with Crippen LogP contribution >= 0.6 is 11.3 Å². The fourth-order valence-electron chi connectivity index (χ4n) is 3.43. The first kappa shape index (κ1) is 21.7. The Bertz CT molecular complexity index is 662. The molecule has 7 heteroatoms. The van der Waals surface area contributed by atoms with E-state index in [1.54, 1.807) is 6.92 Å². The van der Waals surface area contributed by atoms with Crippen LogP contribution in [0.4, 0.5) is 4.79 Å². The van der Waals surface area contributed by atoms with Crippen molar-refractivity contribution in [3.05, 3.63) is 22.4 Å². The molecule has 2 atom stereocenters. The van der Waals surface area contributed by atoms with Crippen molar-refractivity contribution < 1.29 is 19.4 Å². The molecule has 0 spiro atoms. The van der Waals surface area contributed by atoms with Crippen LogP contribution < -0.4 is 5.32 Å². The van der Waals surface area contributed by atoms with Gasteiger partial charge in [-0.15, -0.1) is 11.3 Å². The largest absolute Gasteiger partial charge is 0.444 e. The zero-order valence-corrected chi connectivity index (χ0v) is 18.0. The number of nitrogens with one attached hydrogen (secondary N) is 1. The molecule has 0 unspecified atom stereocenters. The number of hydrogen-bond donors (Lipinski definition) is 2. The number of amides is 2. The first-order valence-electron chi connectivity index (χ1n) is 9.37. The first-order valence-corrected chi connectivity index (χ1v) is 10.3. The van der Waals surface area contributed by atoms with Gasteiger partial charge in [-0.05, 0) is 57.4 Å². The molecule has 1 aliphatic rings. The highest BCUT2D eigenvalue weighted by Gasteiger charge is 2.46. The molecule has 1 aromatic rings. The van der Waals surface area contributed by atoms with Crippen LogP contribution in [0.2, 0.25) is 0 Å². The molecule has 1 aromatic heterocycles. The molecule has 0 radical (unpaired) electrons. The molecule has 0 saturated carbocycles. The first-order chi connectivity index (χ1) is 12.3. The van der Waals surface area contributed by atoms with Crippen LogP contribution in [-0.2, 0) is 15.1 Å². The van der Waals surface area contributed by atoms with Gasteiger partial charge in [-0.2, -0.15) is 0 Å². The van der Waals surface area contributed by atoms with E-state index in [0.29, 0.717) is 6.54 Å². The number of hydrogen-bond acceptors (Lipinski definition) is 5. The van der Waals surface area contributed by atoms with E-state index < -0.39 is 23.3 Å². The van der Waals surface area contributed by atoms with Crippen LogP contribution in [0, 0.1) is 5.41 Å². The average Bonchev–Trinajstić information content (AvgIpc) is 3.05. The quantitative estimate of drug-likeness (QED) is 0.816. The third-order valence-corrected chi connectivity index (χ3v) is 5.93. The van der Waals surface area contributed by atoms with Crippen molar-refractivity contribution in [2.75, 3.05) is 13.1 Å². The fourth-order valence-corrected chi connectivity index (χ4v) is 4.22. The van der Waals surface area contributed by atoms with Crippen LogP contribution in [0.1, 0.15) is 59.3 Å². The molecule has 0 bridgehead atoms. The summed E-state index contributed by atoms with van der Waals surface area (Å²) in [6, 6.07) is 3.07. The van der Waals surface area contributed by atoms with Gasteiger partial charge in [-0.1, -0.05) is 19.9 Å². The highest BCUT2D eigenvalue weighted by atomic mass is 32.1. The summed E-state index contributed by atoms with van der Waals surface area (Å²) in [5, 5.41) is 15.4. The Balaban J connectivity index is 2.14. The third kappa shape index (κ3) is 5.45. The second-order valence-electron chi connectivity index (χ2n) is 9.14. The van der Waals surface area contributed by atoms with Crippen molar-refractivity contribution in [1.82, 2.24) is 10.2 Å². The third-order valence-electron chi connectivity index (χ3n) is 4.81. The molecule has 0 aliphatic carbocycles. The maximum absolute atomic E-state index is 13.0. The predicted molar refractivity (Wildman–Crippen MR) is 107 cm³/mol. The van der Waals surface area contributed by atoms with E-state index in [0.717, 1.165) is 17.7 Å². The summed E-state index contributed by atoms with van der Waals surface area (Å²) in [7, 11) is 0. The van der Waals surface area contributed by atoms with Gasteiger partial charge >= 0.3 is 6.09 Å². The monoisotopic (exact) mass is 396 g/mol. The van der Waals surface area contributed by atoms with E-state index in [4.69, 9.17) is 4.74 Å². The molecule has 152 valence electrons. The number of nitrogens with zero attached hydrogens (tertiary/aromatic N) is 1. The van der Waals surface area contributed by atoms with Crippen LogP contribution in [0.5, 0.6) is 0 Å². The zero-order valence-electron chi connectivity index (χ0n) is 17.2. The van der Waals surface area contributed by atoms with E-state index in [1.165, 1.54) is 16.2 Å². The Hall–Kier alpha value is -1.60. The van der Waals surface area contributed by atoms with Gasteiger partial charge in [0.2, 0.25) is 5.91 Å². The van der Waals surface area contributed by atoms with Gasteiger partial charge in [-0.3, -0.25) is 9.69 Å². The minimum absolute atomic E-state index is 0.0844.